The van der Waals surface area contributed by atoms with E-state index in [9.17, 15) is 0 Å². The fourth-order valence-electron chi connectivity index (χ4n) is 1.53. The summed E-state index contributed by atoms with van der Waals surface area (Å²) in [6, 6.07) is 6.23. The van der Waals surface area contributed by atoms with E-state index >= 15 is 0 Å². The lowest BCUT2D eigenvalue weighted by Crippen LogP contribution is -2.01. The van der Waals surface area contributed by atoms with E-state index in [1.165, 1.54) is 16.7 Å². The summed E-state index contributed by atoms with van der Waals surface area (Å²) in [7, 11) is 0. The molecule has 0 bridgehead atoms. The minimum absolute atomic E-state index is 0.0300. The Morgan fingerprint density at radius 1 is 1.21 bits per heavy atom. The molecule has 0 saturated carbocycles. The highest BCUT2D eigenvalue weighted by Gasteiger charge is 2.13. The molecule has 2 heteroatoms. The lowest BCUT2D eigenvalue weighted by Gasteiger charge is -2.15. The summed E-state index contributed by atoms with van der Waals surface area (Å²) >= 11 is 12.2. The van der Waals surface area contributed by atoms with Gasteiger partial charge >= 0.3 is 0 Å². The molecule has 0 aliphatic heterocycles. The molecule has 2 atom stereocenters. The Balaban J connectivity index is 2.89. The highest BCUT2D eigenvalue weighted by atomic mass is 35.5. The molecule has 0 radical (unpaired) electrons. The molecule has 0 spiro atoms. The van der Waals surface area contributed by atoms with Crippen molar-refractivity contribution < 1.29 is 0 Å². The average Bonchev–Trinajstić information content (AvgIpc) is 2.08. The van der Waals surface area contributed by atoms with E-state index < -0.39 is 0 Å². The Morgan fingerprint density at radius 2 is 1.86 bits per heavy atom. The van der Waals surface area contributed by atoms with Gasteiger partial charge in [0.15, 0.2) is 0 Å². The quantitative estimate of drug-likeness (QED) is 0.667. The van der Waals surface area contributed by atoms with Crippen molar-refractivity contribution in [2.24, 2.45) is 0 Å². The molecule has 1 rings (SSSR count). The molecule has 0 saturated heterocycles. The van der Waals surface area contributed by atoms with Crippen LogP contribution in [0.3, 0.4) is 0 Å². The van der Waals surface area contributed by atoms with Crippen molar-refractivity contribution in [3.05, 3.63) is 34.9 Å². The van der Waals surface area contributed by atoms with Crippen LogP contribution in [0.4, 0.5) is 0 Å². The molecule has 0 aliphatic rings. The average molecular weight is 231 g/mol. The van der Waals surface area contributed by atoms with Crippen molar-refractivity contribution in [3.8, 4) is 0 Å². The van der Waals surface area contributed by atoms with Gasteiger partial charge in [-0.1, -0.05) is 18.2 Å². The fraction of sp³-hybridized carbons (Fsp3) is 0.500. The smallest absolute Gasteiger partial charge is 0.0601 e. The Morgan fingerprint density at radius 3 is 2.43 bits per heavy atom. The van der Waals surface area contributed by atoms with Crippen LogP contribution in [-0.2, 0) is 0 Å². The van der Waals surface area contributed by atoms with Gasteiger partial charge in [-0.2, -0.15) is 0 Å². The number of alkyl halides is 2. The highest BCUT2D eigenvalue weighted by molar-refractivity contribution is 6.23. The number of aryl methyl sites for hydroxylation is 1. The van der Waals surface area contributed by atoms with Crippen molar-refractivity contribution in [1.29, 1.82) is 0 Å². The van der Waals surface area contributed by atoms with Crippen LogP contribution in [0.25, 0.3) is 0 Å². The van der Waals surface area contributed by atoms with Gasteiger partial charge in [0, 0.05) is 5.38 Å². The second-order valence-electron chi connectivity index (χ2n) is 3.77. The number of hydrogen-bond donors (Lipinski definition) is 0. The van der Waals surface area contributed by atoms with Crippen LogP contribution in [0.5, 0.6) is 0 Å². The van der Waals surface area contributed by atoms with Crippen molar-refractivity contribution in [2.45, 2.75) is 37.9 Å². The van der Waals surface area contributed by atoms with Crippen LogP contribution in [0.2, 0.25) is 0 Å². The van der Waals surface area contributed by atoms with E-state index in [1.807, 2.05) is 13.0 Å². The first kappa shape index (κ1) is 11.9. The SMILES string of the molecule is Cc1cccc(C(Cl)CC(C)Cl)c1C. The minimum atomic E-state index is 0.0300. The second kappa shape index (κ2) is 5.04. The summed E-state index contributed by atoms with van der Waals surface area (Å²) in [5.41, 5.74) is 3.78. The van der Waals surface area contributed by atoms with E-state index in [0.717, 1.165) is 6.42 Å². The molecule has 1 aromatic carbocycles. The van der Waals surface area contributed by atoms with Crippen LogP contribution in [-0.4, -0.2) is 5.38 Å². The van der Waals surface area contributed by atoms with Gasteiger partial charge in [0.1, 0.15) is 0 Å². The summed E-state index contributed by atoms with van der Waals surface area (Å²) in [5.74, 6) is 0. The van der Waals surface area contributed by atoms with Gasteiger partial charge in [-0.15, -0.1) is 23.2 Å². The van der Waals surface area contributed by atoms with Crippen LogP contribution in [0, 0.1) is 13.8 Å². The van der Waals surface area contributed by atoms with Crippen molar-refractivity contribution >= 4 is 23.2 Å². The zero-order valence-electron chi connectivity index (χ0n) is 8.85. The topological polar surface area (TPSA) is 0 Å². The molecule has 0 fully saturated rings. The zero-order valence-corrected chi connectivity index (χ0v) is 10.4. The molecule has 0 nitrogen and oxygen atoms in total. The van der Waals surface area contributed by atoms with E-state index in [1.54, 1.807) is 0 Å². The minimum Gasteiger partial charge on any atom is -0.123 e. The van der Waals surface area contributed by atoms with Crippen LogP contribution >= 0.6 is 23.2 Å². The van der Waals surface area contributed by atoms with Crippen LogP contribution in [0.1, 0.15) is 35.4 Å². The monoisotopic (exact) mass is 230 g/mol. The number of halogens is 2. The Bertz CT molecular complexity index is 305. The molecule has 0 N–H and O–H groups in total. The molecular formula is C12H16Cl2. The van der Waals surface area contributed by atoms with Gasteiger partial charge < -0.3 is 0 Å². The Labute approximate surface area is 96.2 Å². The van der Waals surface area contributed by atoms with E-state index in [-0.39, 0.29) is 10.8 Å². The molecule has 14 heavy (non-hydrogen) atoms. The Kier molecular flexibility index (Phi) is 4.28. The molecule has 0 amide bonds. The molecule has 1 aromatic rings. The first-order valence-electron chi connectivity index (χ1n) is 4.86. The molecule has 0 aliphatic carbocycles. The van der Waals surface area contributed by atoms with E-state index in [4.69, 9.17) is 23.2 Å². The molecule has 0 aromatic heterocycles. The number of benzene rings is 1. The predicted molar refractivity (Wildman–Crippen MR) is 64.4 cm³/mol. The van der Waals surface area contributed by atoms with Gasteiger partial charge in [-0.3, -0.25) is 0 Å². The number of hydrogen-bond acceptors (Lipinski definition) is 0. The summed E-state index contributed by atoms with van der Waals surface area (Å²) in [6.45, 7) is 6.19. The first-order valence-corrected chi connectivity index (χ1v) is 5.74. The molecule has 0 heterocycles. The van der Waals surface area contributed by atoms with Crippen LogP contribution in [0.15, 0.2) is 18.2 Å². The Hall–Kier alpha value is -0.200. The summed E-state index contributed by atoms with van der Waals surface area (Å²) < 4.78 is 0. The van der Waals surface area contributed by atoms with Gasteiger partial charge in [0.25, 0.3) is 0 Å². The van der Waals surface area contributed by atoms with Gasteiger partial charge in [0.05, 0.1) is 5.38 Å². The van der Waals surface area contributed by atoms with Gasteiger partial charge in [0.2, 0.25) is 0 Å². The first-order chi connectivity index (χ1) is 6.52. The van der Waals surface area contributed by atoms with E-state index in [2.05, 4.69) is 26.0 Å². The largest absolute Gasteiger partial charge is 0.123 e. The standard InChI is InChI=1S/C12H16Cl2/c1-8-5-4-6-11(10(8)3)12(14)7-9(2)13/h4-6,9,12H,7H2,1-3H3. The molecule has 2 unspecified atom stereocenters. The van der Waals surface area contributed by atoms with Gasteiger partial charge in [-0.25, -0.2) is 0 Å². The zero-order chi connectivity index (χ0) is 10.7. The van der Waals surface area contributed by atoms with Crippen molar-refractivity contribution in [1.82, 2.24) is 0 Å². The summed E-state index contributed by atoms with van der Waals surface area (Å²) in [5, 5.41) is 0.153. The maximum Gasteiger partial charge on any atom is 0.0601 e. The third-order valence-electron chi connectivity index (χ3n) is 2.52. The fourth-order valence-corrected chi connectivity index (χ4v) is 2.30. The second-order valence-corrected chi connectivity index (χ2v) is 5.05. The molecular weight excluding hydrogens is 215 g/mol. The summed E-state index contributed by atoms with van der Waals surface area (Å²) in [4.78, 5) is 0. The third-order valence-corrected chi connectivity index (χ3v) is 3.11. The third kappa shape index (κ3) is 2.90. The lowest BCUT2D eigenvalue weighted by molar-refractivity contribution is 0.773. The highest BCUT2D eigenvalue weighted by Crippen LogP contribution is 2.30. The normalized spacial score (nSPS) is 15.2. The maximum absolute atomic E-state index is 6.29. The van der Waals surface area contributed by atoms with Crippen LogP contribution < -0.4 is 0 Å². The predicted octanol–water partition coefficient (Wildman–Crippen LogP) is 4.60. The van der Waals surface area contributed by atoms with Crippen molar-refractivity contribution in [3.63, 3.8) is 0 Å². The molecule has 78 valence electrons. The number of rotatable bonds is 3. The van der Waals surface area contributed by atoms with Gasteiger partial charge in [-0.05, 0) is 43.9 Å². The van der Waals surface area contributed by atoms with Crippen molar-refractivity contribution in [2.75, 3.05) is 0 Å². The lowest BCUT2D eigenvalue weighted by atomic mass is 9.99. The van der Waals surface area contributed by atoms with E-state index in [0.29, 0.717) is 0 Å². The summed E-state index contributed by atoms with van der Waals surface area (Å²) in [6.07, 6.45) is 0.813. The maximum atomic E-state index is 6.29.